The first-order valence-electron chi connectivity index (χ1n) is 10.4. The normalized spacial score (nSPS) is 15.0. The van der Waals surface area contributed by atoms with E-state index < -0.39 is 0 Å². The van der Waals surface area contributed by atoms with Crippen molar-refractivity contribution in [1.29, 1.82) is 5.26 Å². The van der Waals surface area contributed by atoms with Gasteiger partial charge >= 0.3 is 0 Å². The highest BCUT2D eigenvalue weighted by atomic mass is 35.5. The zero-order valence-electron chi connectivity index (χ0n) is 17.9. The van der Waals surface area contributed by atoms with E-state index >= 15 is 0 Å². The van der Waals surface area contributed by atoms with Crippen LogP contribution >= 0.6 is 46.3 Å². The van der Waals surface area contributed by atoms with Crippen LogP contribution in [0.4, 0.5) is 5.00 Å². The minimum Gasteiger partial charge on any atom is -0.316 e. The number of allylic oxidation sites excluding steroid dienone is 1. The van der Waals surface area contributed by atoms with Gasteiger partial charge in [-0.2, -0.15) is 5.26 Å². The summed E-state index contributed by atoms with van der Waals surface area (Å²) in [5.41, 5.74) is 2.40. The molecule has 1 amide bonds. The zero-order valence-corrected chi connectivity index (χ0v) is 21.0. The van der Waals surface area contributed by atoms with E-state index in [0.717, 1.165) is 24.8 Å². The summed E-state index contributed by atoms with van der Waals surface area (Å²) < 4.78 is 1.85. The lowest BCUT2D eigenvalue weighted by Crippen LogP contribution is -2.15. The van der Waals surface area contributed by atoms with Crippen LogP contribution in [0.3, 0.4) is 0 Å². The number of nitriles is 1. The molecule has 1 aliphatic rings. The molecule has 4 rings (SSSR count). The highest BCUT2D eigenvalue weighted by molar-refractivity contribution is 7.99. The third-order valence-corrected chi connectivity index (χ3v) is 8.09. The van der Waals surface area contributed by atoms with Crippen LogP contribution in [0.5, 0.6) is 0 Å². The maximum Gasteiger partial charge on any atom is 0.235 e. The molecule has 2 aromatic heterocycles. The number of aromatic nitrogens is 3. The molecule has 0 aliphatic heterocycles. The second kappa shape index (κ2) is 10.3. The fraction of sp³-hybridized carbons (Fsp3) is 0.304. The largest absolute Gasteiger partial charge is 0.316 e. The molecule has 1 unspecified atom stereocenters. The van der Waals surface area contributed by atoms with Crippen molar-refractivity contribution in [3.63, 3.8) is 0 Å². The summed E-state index contributed by atoms with van der Waals surface area (Å²) in [6.45, 7) is 6.48. The molecule has 1 atom stereocenters. The third-order valence-electron chi connectivity index (χ3n) is 5.41. The molecule has 0 saturated carbocycles. The summed E-state index contributed by atoms with van der Waals surface area (Å²) >= 11 is 15.2. The summed E-state index contributed by atoms with van der Waals surface area (Å²) in [6, 6.07) is 7.47. The van der Waals surface area contributed by atoms with Gasteiger partial charge in [0.25, 0.3) is 0 Å². The standard InChI is InChI=1S/C23H21Cl2N5OS2/c1-3-8-30-21(16-7-5-14(24)10-18(16)25)28-29-23(30)32-12-20(31)27-22-17(11-26)15-6-4-13(2)9-19(15)33-22/h3,5,7,10,13H,1,4,6,8-9,12H2,2H3,(H,27,31). The summed E-state index contributed by atoms with van der Waals surface area (Å²) in [7, 11) is 0. The van der Waals surface area contributed by atoms with E-state index in [4.69, 9.17) is 23.2 Å². The van der Waals surface area contributed by atoms with E-state index in [1.165, 1.54) is 28.0 Å². The Balaban J connectivity index is 1.50. The van der Waals surface area contributed by atoms with Gasteiger partial charge in [0, 0.05) is 22.0 Å². The van der Waals surface area contributed by atoms with Crippen molar-refractivity contribution in [3.8, 4) is 17.5 Å². The predicted octanol–water partition coefficient (Wildman–Crippen LogP) is 6.23. The molecule has 33 heavy (non-hydrogen) atoms. The number of carbonyl (C=O) groups excluding carboxylic acids is 1. The molecule has 1 aliphatic carbocycles. The number of hydrogen-bond donors (Lipinski definition) is 1. The third kappa shape index (κ3) is 5.12. The Bertz CT molecular complexity index is 1260. The molecule has 3 aromatic rings. The van der Waals surface area contributed by atoms with Crippen molar-refractivity contribution in [2.75, 3.05) is 11.1 Å². The topological polar surface area (TPSA) is 83.6 Å². The average molecular weight is 518 g/mol. The molecule has 0 bridgehead atoms. The summed E-state index contributed by atoms with van der Waals surface area (Å²) in [4.78, 5) is 13.9. The molecule has 0 saturated heterocycles. The molecule has 1 N–H and O–H groups in total. The smallest absolute Gasteiger partial charge is 0.235 e. The Morgan fingerprint density at radius 3 is 3.00 bits per heavy atom. The van der Waals surface area contributed by atoms with Gasteiger partial charge in [0.15, 0.2) is 11.0 Å². The van der Waals surface area contributed by atoms with Gasteiger partial charge in [0.1, 0.15) is 11.1 Å². The van der Waals surface area contributed by atoms with Gasteiger partial charge in [-0.1, -0.05) is 48.0 Å². The Morgan fingerprint density at radius 2 is 2.27 bits per heavy atom. The first-order chi connectivity index (χ1) is 15.9. The van der Waals surface area contributed by atoms with Crippen LogP contribution in [0.2, 0.25) is 10.0 Å². The van der Waals surface area contributed by atoms with Crippen molar-refractivity contribution in [2.45, 2.75) is 37.9 Å². The number of hydrogen-bond acceptors (Lipinski definition) is 6. The number of nitrogens with zero attached hydrogens (tertiary/aromatic N) is 4. The minimum atomic E-state index is -0.192. The van der Waals surface area contributed by atoms with Crippen LogP contribution in [-0.4, -0.2) is 26.4 Å². The number of halogens is 2. The molecular formula is C23H21Cl2N5OS2. The number of anilines is 1. The quantitative estimate of drug-likeness (QED) is 0.296. The number of thiophene rings is 1. The van der Waals surface area contributed by atoms with Crippen LogP contribution in [-0.2, 0) is 24.2 Å². The summed E-state index contributed by atoms with van der Waals surface area (Å²) in [5, 5.41) is 23.3. The Kier molecular flexibility index (Phi) is 7.45. The van der Waals surface area contributed by atoms with Crippen LogP contribution in [0.1, 0.15) is 29.3 Å². The molecule has 0 radical (unpaired) electrons. The molecule has 6 nitrogen and oxygen atoms in total. The zero-order chi connectivity index (χ0) is 23.5. The lowest BCUT2D eigenvalue weighted by Gasteiger charge is -2.17. The van der Waals surface area contributed by atoms with Crippen molar-refractivity contribution in [3.05, 3.63) is 56.9 Å². The number of rotatable bonds is 7. The Morgan fingerprint density at radius 1 is 1.45 bits per heavy atom. The second-order valence-electron chi connectivity index (χ2n) is 7.83. The molecule has 0 fully saturated rings. The van der Waals surface area contributed by atoms with Gasteiger partial charge in [-0.05, 0) is 48.9 Å². The molecule has 1 aromatic carbocycles. The maximum atomic E-state index is 12.7. The van der Waals surface area contributed by atoms with Crippen molar-refractivity contribution >= 4 is 57.2 Å². The predicted molar refractivity (Wildman–Crippen MR) is 135 cm³/mol. The summed E-state index contributed by atoms with van der Waals surface area (Å²) in [5.74, 6) is 1.11. The van der Waals surface area contributed by atoms with Crippen LogP contribution in [0.25, 0.3) is 11.4 Å². The van der Waals surface area contributed by atoms with Crippen molar-refractivity contribution in [1.82, 2.24) is 14.8 Å². The maximum absolute atomic E-state index is 12.7. The van der Waals surface area contributed by atoms with E-state index in [1.54, 1.807) is 24.3 Å². The van der Waals surface area contributed by atoms with Gasteiger partial charge in [0.2, 0.25) is 5.91 Å². The van der Waals surface area contributed by atoms with Crippen LogP contribution in [0.15, 0.2) is 36.0 Å². The number of benzene rings is 1. The highest BCUT2D eigenvalue weighted by Crippen LogP contribution is 2.39. The molecule has 170 valence electrons. The van der Waals surface area contributed by atoms with E-state index in [0.29, 0.717) is 49.6 Å². The lowest BCUT2D eigenvalue weighted by molar-refractivity contribution is -0.113. The van der Waals surface area contributed by atoms with Crippen molar-refractivity contribution in [2.24, 2.45) is 5.92 Å². The van der Waals surface area contributed by atoms with Crippen molar-refractivity contribution < 1.29 is 4.79 Å². The number of amides is 1. The number of carbonyl (C=O) groups is 1. The SMILES string of the molecule is C=CCn1c(SCC(=O)Nc2sc3c(c2C#N)CCC(C)C3)nnc1-c1ccc(Cl)cc1Cl. The van der Waals surface area contributed by atoms with E-state index in [9.17, 15) is 10.1 Å². The Hall–Kier alpha value is -2.31. The number of nitrogens with one attached hydrogen (secondary N) is 1. The molecule has 10 heteroatoms. The molecule has 2 heterocycles. The first kappa shape index (κ1) is 23.8. The van der Waals surface area contributed by atoms with Gasteiger partial charge < -0.3 is 5.32 Å². The number of fused-ring (bicyclic) bond motifs is 1. The van der Waals surface area contributed by atoms with Gasteiger partial charge in [0.05, 0.1) is 16.3 Å². The van der Waals surface area contributed by atoms with E-state index in [1.807, 2.05) is 4.57 Å². The highest BCUT2D eigenvalue weighted by Gasteiger charge is 2.25. The van der Waals surface area contributed by atoms with Gasteiger partial charge in [-0.15, -0.1) is 28.1 Å². The van der Waals surface area contributed by atoms with E-state index in [2.05, 4.69) is 35.1 Å². The first-order valence-corrected chi connectivity index (χ1v) is 12.9. The average Bonchev–Trinajstić information content (AvgIpc) is 3.32. The lowest BCUT2D eigenvalue weighted by atomic mass is 9.89. The van der Waals surface area contributed by atoms with Crippen LogP contribution in [0, 0.1) is 17.2 Å². The number of thioether (sulfide) groups is 1. The Labute approximate surface area is 210 Å². The van der Waals surface area contributed by atoms with Gasteiger partial charge in [-0.3, -0.25) is 9.36 Å². The minimum absolute atomic E-state index is 0.132. The fourth-order valence-electron chi connectivity index (χ4n) is 3.81. The summed E-state index contributed by atoms with van der Waals surface area (Å²) in [6.07, 6.45) is 4.65. The monoisotopic (exact) mass is 517 g/mol. The second-order valence-corrected chi connectivity index (χ2v) is 10.7. The molecular weight excluding hydrogens is 497 g/mol. The van der Waals surface area contributed by atoms with Gasteiger partial charge in [-0.25, -0.2) is 0 Å². The van der Waals surface area contributed by atoms with Crippen LogP contribution < -0.4 is 5.32 Å². The fourth-order valence-corrected chi connectivity index (χ4v) is 6.43. The molecule has 0 spiro atoms. The van der Waals surface area contributed by atoms with E-state index in [-0.39, 0.29) is 11.7 Å².